The van der Waals surface area contributed by atoms with Crippen molar-refractivity contribution >= 4 is 0 Å². The van der Waals surface area contributed by atoms with E-state index in [0.29, 0.717) is 0 Å². The van der Waals surface area contributed by atoms with Gasteiger partial charge in [0.25, 0.3) is 0 Å². The van der Waals surface area contributed by atoms with Crippen LogP contribution >= 0.6 is 0 Å². The summed E-state index contributed by atoms with van der Waals surface area (Å²) in [6, 6.07) is 0. The fraction of sp³-hybridized carbons (Fsp3) is 0.818. The summed E-state index contributed by atoms with van der Waals surface area (Å²) in [6.45, 7) is 4.56. The summed E-state index contributed by atoms with van der Waals surface area (Å²) in [5.74, 6) is 0. The van der Waals surface area contributed by atoms with Crippen LogP contribution in [-0.4, -0.2) is 13.1 Å². The molecule has 1 heterocycles. The zero-order valence-corrected chi connectivity index (χ0v) is 8.23. The van der Waals surface area contributed by atoms with Gasteiger partial charge in [-0.3, -0.25) is 0 Å². The van der Waals surface area contributed by atoms with E-state index < -0.39 is 0 Å². The van der Waals surface area contributed by atoms with Crippen molar-refractivity contribution in [3.8, 4) is 0 Å². The van der Waals surface area contributed by atoms with Crippen molar-refractivity contribution in [3.63, 3.8) is 0 Å². The Bertz CT molecular complexity index is 132. The van der Waals surface area contributed by atoms with Crippen molar-refractivity contribution in [2.45, 2.75) is 45.4 Å². The molecule has 0 atom stereocenters. The average Bonchev–Trinajstić information content (AvgIpc) is 2.00. The lowest BCUT2D eigenvalue weighted by Gasteiger charge is -2.18. The largest absolute Gasteiger partial charge is 0.309 e. The second-order valence-electron chi connectivity index (χ2n) is 3.67. The normalized spacial score (nSPS) is 15.9. The Kier molecular flexibility index (Phi) is 5.09. The molecule has 0 aromatic carbocycles. The highest BCUT2D eigenvalue weighted by atomic mass is 14.9. The zero-order valence-electron chi connectivity index (χ0n) is 8.23. The van der Waals surface area contributed by atoms with Gasteiger partial charge in [0.05, 0.1) is 0 Å². The third-order valence-corrected chi connectivity index (χ3v) is 2.44. The molecule has 1 N–H and O–H groups in total. The number of allylic oxidation sites excluding steroid dienone is 1. The lowest BCUT2D eigenvalue weighted by molar-refractivity contribution is 0.625. The third kappa shape index (κ3) is 3.91. The number of unbranched alkanes of at least 4 members (excludes halogenated alkanes) is 5. The predicted octanol–water partition coefficient (Wildman–Crippen LogP) is 2.88. The summed E-state index contributed by atoms with van der Waals surface area (Å²) in [5, 5.41) is 3.25. The molecule has 0 radical (unpaired) electrons. The Morgan fingerprint density at radius 3 is 2.50 bits per heavy atom. The van der Waals surface area contributed by atoms with Crippen LogP contribution in [0.4, 0.5) is 0 Å². The Labute approximate surface area is 76.2 Å². The number of nitrogens with one attached hydrogen (secondary N) is 1. The van der Waals surface area contributed by atoms with Gasteiger partial charge in [-0.1, -0.05) is 38.7 Å². The first kappa shape index (κ1) is 9.79. The van der Waals surface area contributed by atoms with Gasteiger partial charge in [-0.05, 0) is 18.4 Å². The molecule has 1 aliphatic heterocycles. The van der Waals surface area contributed by atoms with Gasteiger partial charge in [0.1, 0.15) is 0 Å². The van der Waals surface area contributed by atoms with Gasteiger partial charge in [0.15, 0.2) is 0 Å². The highest BCUT2D eigenvalue weighted by Gasteiger charge is 2.04. The van der Waals surface area contributed by atoms with E-state index in [-0.39, 0.29) is 0 Å². The molecule has 0 aromatic rings. The molecule has 1 heteroatoms. The van der Waals surface area contributed by atoms with Crippen molar-refractivity contribution in [1.82, 2.24) is 5.32 Å². The van der Waals surface area contributed by atoms with Crippen molar-refractivity contribution in [3.05, 3.63) is 11.6 Å². The van der Waals surface area contributed by atoms with Crippen molar-refractivity contribution in [1.29, 1.82) is 0 Å². The van der Waals surface area contributed by atoms with E-state index in [4.69, 9.17) is 0 Å². The van der Waals surface area contributed by atoms with Gasteiger partial charge in [0, 0.05) is 13.1 Å². The van der Waals surface area contributed by atoms with E-state index in [1.165, 1.54) is 38.5 Å². The lowest BCUT2D eigenvalue weighted by Crippen LogP contribution is -2.33. The molecule has 1 aliphatic rings. The second kappa shape index (κ2) is 6.24. The van der Waals surface area contributed by atoms with E-state index in [1.807, 2.05) is 0 Å². The van der Waals surface area contributed by atoms with E-state index in [2.05, 4.69) is 18.3 Å². The smallest absolute Gasteiger partial charge is 0.0180 e. The molecular formula is C11H21N. The van der Waals surface area contributed by atoms with E-state index in [0.717, 1.165) is 13.1 Å². The maximum Gasteiger partial charge on any atom is 0.0180 e. The molecule has 1 rings (SSSR count). The van der Waals surface area contributed by atoms with Crippen LogP contribution in [0.1, 0.15) is 45.4 Å². The average molecular weight is 167 g/mol. The van der Waals surface area contributed by atoms with E-state index in [9.17, 15) is 0 Å². The molecule has 70 valence electrons. The van der Waals surface area contributed by atoms with Crippen LogP contribution in [0.3, 0.4) is 0 Å². The second-order valence-corrected chi connectivity index (χ2v) is 3.67. The van der Waals surface area contributed by atoms with Crippen molar-refractivity contribution in [2.24, 2.45) is 0 Å². The SMILES string of the molecule is CCCCCCCC=C1CNC1. The minimum absolute atomic E-state index is 1.15. The van der Waals surface area contributed by atoms with Gasteiger partial charge in [-0.25, -0.2) is 0 Å². The number of hydrogen-bond donors (Lipinski definition) is 1. The minimum atomic E-state index is 1.15. The van der Waals surface area contributed by atoms with Crippen LogP contribution in [0, 0.1) is 0 Å². The molecule has 12 heavy (non-hydrogen) atoms. The molecular weight excluding hydrogens is 146 g/mol. The summed E-state index contributed by atoms with van der Waals surface area (Å²) >= 11 is 0. The molecule has 1 fully saturated rings. The molecule has 0 unspecified atom stereocenters. The van der Waals surface area contributed by atoms with Crippen molar-refractivity contribution < 1.29 is 0 Å². The minimum Gasteiger partial charge on any atom is -0.309 e. The highest BCUT2D eigenvalue weighted by Crippen LogP contribution is 2.08. The fourth-order valence-corrected chi connectivity index (χ4v) is 1.47. The summed E-state index contributed by atoms with van der Waals surface area (Å²) in [5.41, 5.74) is 1.62. The molecule has 0 amide bonds. The Balaban J connectivity index is 1.82. The van der Waals surface area contributed by atoms with Gasteiger partial charge in [0.2, 0.25) is 0 Å². The summed E-state index contributed by atoms with van der Waals surface area (Å²) in [7, 11) is 0. The maximum absolute atomic E-state index is 3.25. The molecule has 0 saturated carbocycles. The van der Waals surface area contributed by atoms with Gasteiger partial charge >= 0.3 is 0 Å². The standard InChI is InChI=1S/C11H21N/c1-2-3-4-5-6-7-8-11-9-12-10-11/h8,12H,2-7,9-10H2,1H3. The van der Waals surface area contributed by atoms with Crippen LogP contribution < -0.4 is 5.32 Å². The van der Waals surface area contributed by atoms with E-state index in [1.54, 1.807) is 5.57 Å². The van der Waals surface area contributed by atoms with Crippen LogP contribution in [0.15, 0.2) is 11.6 Å². The Morgan fingerprint density at radius 1 is 1.17 bits per heavy atom. The first-order valence-corrected chi connectivity index (χ1v) is 5.32. The lowest BCUT2D eigenvalue weighted by atomic mass is 10.1. The molecule has 1 saturated heterocycles. The van der Waals surface area contributed by atoms with E-state index >= 15 is 0 Å². The molecule has 0 aliphatic carbocycles. The monoisotopic (exact) mass is 167 g/mol. The van der Waals surface area contributed by atoms with Gasteiger partial charge in [-0.15, -0.1) is 0 Å². The summed E-state index contributed by atoms with van der Waals surface area (Å²) < 4.78 is 0. The quantitative estimate of drug-likeness (QED) is 0.474. The topological polar surface area (TPSA) is 12.0 Å². The highest BCUT2D eigenvalue weighted by molar-refractivity contribution is 5.13. The first-order chi connectivity index (χ1) is 5.93. The zero-order chi connectivity index (χ0) is 8.65. The Morgan fingerprint density at radius 2 is 1.92 bits per heavy atom. The third-order valence-electron chi connectivity index (χ3n) is 2.44. The molecule has 1 nitrogen and oxygen atoms in total. The van der Waals surface area contributed by atoms with Crippen LogP contribution in [0.25, 0.3) is 0 Å². The van der Waals surface area contributed by atoms with Gasteiger partial charge in [-0.2, -0.15) is 0 Å². The number of hydrogen-bond acceptors (Lipinski definition) is 1. The Hall–Kier alpha value is -0.300. The van der Waals surface area contributed by atoms with Crippen molar-refractivity contribution in [2.75, 3.05) is 13.1 Å². The molecule has 0 spiro atoms. The summed E-state index contributed by atoms with van der Waals surface area (Å²) in [4.78, 5) is 0. The molecule has 0 aromatic heterocycles. The van der Waals surface area contributed by atoms with Crippen LogP contribution in [-0.2, 0) is 0 Å². The number of rotatable bonds is 6. The van der Waals surface area contributed by atoms with Crippen LogP contribution in [0.2, 0.25) is 0 Å². The predicted molar refractivity (Wildman–Crippen MR) is 54.3 cm³/mol. The molecule has 0 bridgehead atoms. The van der Waals surface area contributed by atoms with Gasteiger partial charge < -0.3 is 5.32 Å². The summed E-state index contributed by atoms with van der Waals surface area (Å²) in [6.07, 6.45) is 10.7. The maximum atomic E-state index is 3.25. The fourth-order valence-electron chi connectivity index (χ4n) is 1.47. The van der Waals surface area contributed by atoms with Crippen LogP contribution in [0.5, 0.6) is 0 Å². The first-order valence-electron chi connectivity index (χ1n) is 5.32.